The fourth-order valence-corrected chi connectivity index (χ4v) is 5.51. The molecule has 0 atom stereocenters. The highest BCUT2D eigenvalue weighted by Gasteiger charge is 2.34. The van der Waals surface area contributed by atoms with Gasteiger partial charge in [0.1, 0.15) is 4.90 Å². The van der Waals surface area contributed by atoms with Crippen LogP contribution in [0.25, 0.3) is 0 Å². The van der Waals surface area contributed by atoms with E-state index < -0.39 is 10.0 Å². The van der Waals surface area contributed by atoms with Crippen LogP contribution in [-0.2, 0) is 22.5 Å². The van der Waals surface area contributed by atoms with Crippen LogP contribution in [0.1, 0.15) is 48.1 Å². The number of nitrogens with zero attached hydrogens (tertiary/aromatic N) is 4. The van der Waals surface area contributed by atoms with E-state index in [1.54, 1.807) is 30.5 Å². The SMILES string of the molecule is Cc1nn(C)c(C)c1S(=O)(=O)N1CCN(C(=O)c2ccc(C(C)(C)C)cc2)CC1. The number of rotatable bonds is 3. The second-order valence-corrected chi connectivity index (χ2v) is 10.5. The van der Waals surface area contributed by atoms with Crippen molar-refractivity contribution >= 4 is 15.9 Å². The minimum Gasteiger partial charge on any atom is -0.336 e. The van der Waals surface area contributed by atoms with Crippen molar-refractivity contribution in [1.82, 2.24) is 19.0 Å². The molecule has 1 amide bonds. The molecule has 2 aromatic rings. The second kappa shape index (κ2) is 7.57. The Kier molecular flexibility index (Phi) is 5.62. The Morgan fingerprint density at radius 3 is 2.00 bits per heavy atom. The maximum Gasteiger partial charge on any atom is 0.253 e. The van der Waals surface area contributed by atoms with Crippen LogP contribution in [-0.4, -0.2) is 59.5 Å². The zero-order valence-corrected chi connectivity index (χ0v) is 18.9. The summed E-state index contributed by atoms with van der Waals surface area (Å²) in [5, 5.41) is 4.23. The van der Waals surface area contributed by atoms with Gasteiger partial charge in [-0.15, -0.1) is 0 Å². The predicted molar refractivity (Wildman–Crippen MR) is 112 cm³/mol. The van der Waals surface area contributed by atoms with Gasteiger partial charge in [-0.05, 0) is 37.0 Å². The number of carbonyl (C=O) groups is 1. The minimum absolute atomic E-state index is 0.0319. The Balaban J connectivity index is 1.71. The van der Waals surface area contributed by atoms with Crippen molar-refractivity contribution in [3.63, 3.8) is 0 Å². The van der Waals surface area contributed by atoms with E-state index in [0.29, 0.717) is 30.0 Å². The van der Waals surface area contributed by atoms with Crippen LogP contribution in [0.3, 0.4) is 0 Å². The highest BCUT2D eigenvalue weighted by atomic mass is 32.2. The number of hydrogen-bond donors (Lipinski definition) is 0. The van der Waals surface area contributed by atoms with Gasteiger partial charge >= 0.3 is 0 Å². The topological polar surface area (TPSA) is 75.5 Å². The average Bonchev–Trinajstić information content (AvgIpc) is 2.93. The molecule has 0 radical (unpaired) electrons. The van der Waals surface area contributed by atoms with Gasteiger partial charge in [-0.1, -0.05) is 32.9 Å². The van der Waals surface area contributed by atoms with Crippen molar-refractivity contribution < 1.29 is 13.2 Å². The van der Waals surface area contributed by atoms with Gasteiger partial charge in [-0.25, -0.2) is 8.42 Å². The van der Waals surface area contributed by atoms with Crippen LogP contribution < -0.4 is 0 Å². The molecule has 0 unspecified atom stereocenters. The molecule has 7 nitrogen and oxygen atoms in total. The van der Waals surface area contributed by atoms with Crippen molar-refractivity contribution in [1.29, 1.82) is 0 Å². The van der Waals surface area contributed by atoms with E-state index in [0.717, 1.165) is 0 Å². The summed E-state index contributed by atoms with van der Waals surface area (Å²) in [5.41, 5.74) is 2.97. The fraction of sp³-hybridized carbons (Fsp3) is 0.524. The Bertz CT molecular complexity index is 1010. The summed E-state index contributed by atoms with van der Waals surface area (Å²) in [6, 6.07) is 7.69. The smallest absolute Gasteiger partial charge is 0.253 e. The number of carbonyl (C=O) groups excluding carboxylic acids is 1. The standard InChI is InChI=1S/C21H30N4O3S/c1-15-19(16(2)23(6)22-15)29(27,28)25-13-11-24(12-14-25)20(26)17-7-9-18(10-8-17)21(3,4)5/h7-10H,11-14H2,1-6H3. The number of benzene rings is 1. The maximum atomic E-state index is 13.1. The average molecular weight is 419 g/mol. The van der Waals surface area contributed by atoms with Gasteiger partial charge < -0.3 is 4.90 Å². The van der Waals surface area contributed by atoms with Crippen LogP contribution in [0.2, 0.25) is 0 Å². The lowest BCUT2D eigenvalue weighted by molar-refractivity contribution is 0.0697. The van der Waals surface area contributed by atoms with Gasteiger partial charge in [-0.3, -0.25) is 9.48 Å². The molecule has 1 saturated heterocycles. The van der Waals surface area contributed by atoms with Crippen molar-refractivity contribution in [2.24, 2.45) is 7.05 Å². The maximum absolute atomic E-state index is 13.1. The third-order valence-corrected chi connectivity index (χ3v) is 7.72. The summed E-state index contributed by atoms with van der Waals surface area (Å²) < 4.78 is 29.2. The van der Waals surface area contributed by atoms with E-state index in [1.807, 2.05) is 24.3 Å². The molecule has 1 fully saturated rings. The molecule has 29 heavy (non-hydrogen) atoms. The first-order chi connectivity index (χ1) is 13.4. The van der Waals surface area contributed by atoms with Crippen LogP contribution in [0.5, 0.6) is 0 Å². The third kappa shape index (κ3) is 4.09. The lowest BCUT2D eigenvalue weighted by atomic mass is 9.86. The molecule has 1 aromatic heterocycles. The van der Waals surface area contributed by atoms with E-state index in [4.69, 9.17) is 0 Å². The van der Waals surface area contributed by atoms with Gasteiger partial charge in [0.25, 0.3) is 5.91 Å². The molecule has 8 heteroatoms. The molecule has 1 aliphatic heterocycles. The zero-order chi connectivity index (χ0) is 21.6. The third-order valence-electron chi connectivity index (χ3n) is 5.56. The Hall–Kier alpha value is -2.19. The van der Waals surface area contributed by atoms with Crippen LogP contribution >= 0.6 is 0 Å². The lowest BCUT2D eigenvalue weighted by Crippen LogP contribution is -2.50. The first-order valence-electron chi connectivity index (χ1n) is 9.83. The van der Waals surface area contributed by atoms with Crippen molar-refractivity contribution in [3.05, 3.63) is 46.8 Å². The summed E-state index contributed by atoms with van der Waals surface area (Å²) in [6.07, 6.45) is 0. The van der Waals surface area contributed by atoms with E-state index in [9.17, 15) is 13.2 Å². The fourth-order valence-electron chi connectivity index (χ4n) is 3.68. The zero-order valence-electron chi connectivity index (χ0n) is 18.1. The Morgan fingerprint density at radius 1 is 1.00 bits per heavy atom. The van der Waals surface area contributed by atoms with Gasteiger partial charge in [0.15, 0.2) is 0 Å². The van der Waals surface area contributed by atoms with E-state index in [1.165, 1.54) is 9.87 Å². The summed E-state index contributed by atoms with van der Waals surface area (Å²) in [6.45, 7) is 11.2. The van der Waals surface area contributed by atoms with Crippen LogP contribution in [0, 0.1) is 13.8 Å². The molecule has 158 valence electrons. The summed E-state index contributed by atoms with van der Waals surface area (Å²) in [5.74, 6) is -0.0590. The molecule has 0 N–H and O–H groups in total. The van der Waals surface area contributed by atoms with Gasteiger partial charge in [0, 0.05) is 38.8 Å². The first-order valence-corrected chi connectivity index (χ1v) is 11.3. The highest BCUT2D eigenvalue weighted by molar-refractivity contribution is 7.89. The van der Waals surface area contributed by atoms with Gasteiger partial charge in [0.05, 0.1) is 11.4 Å². The number of sulfonamides is 1. The molecule has 1 aliphatic rings. The molecule has 0 bridgehead atoms. The molecule has 0 saturated carbocycles. The summed E-state index contributed by atoms with van der Waals surface area (Å²) >= 11 is 0. The summed E-state index contributed by atoms with van der Waals surface area (Å²) in [7, 11) is -1.89. The van der Waals surface area contributed by atoms with E-state index in [2.05, 4.69) is 25.9 Å². The molecular weight excluding hydrogens is 388 g/mol. The van der Waals surface area contributed by atoms with Crippen LogP contribution in [0.15, 0.2) is 29.2 Å². The number of amides is 1. The normalized spacial score (nSPS) is 16.3. The predicted octanol–water partition coefficient (Wildman–Crippen LogP) is 2.48. The quantitative estimate of drug-likeness (QED) is 0.767. The monoisotopic (exact) mass is 418 g/mol. The first kappa shape index (κ1) is 21.5. The van der Waals surface area contributed by atoms with Crippen molar-refractivity contribution in [3.8, 4) is 0 Å². The molecule has 0 spiro atoms. The van der Waals surface area contributed by atoms with Crippen molar-refractivity contribution in [2.75, 3.05) is 26.2 Å². The molecule has 0 aliphatic carbocycles. The van der Waals surface area contributed by atoms with E-state index >= 15 is 0 Å². The second-order valence-electron chi connectivity index (χ2n) is 8.65. The summed E-state index contributed by atoms with van der Waals surface area (Å²) in [4.78, 5) is 14.8. The number of aromatic nitrogens is 2. The molecule has 3 rings (SSSR count). The van der Waals surface area contributed by atoms with E-state index in [-0.39, 0.29) is 29.3 Å². The van der Waals surface area contributed by atoms with Gasteiger partial charge in [-0.2, -0.15) is 9.40 Å². The number of hydrogen-bond acceptors (Lipinski definition) is 4. The Morgan fingerprint density at radius 2 is 1.55 bits per heavy atom. The number of aryl methyl sites for hydroxylation is 2. The minimum atomic E-state index is -3.63. The largest absolute Gasteiger partial charge is 0.336 e. The highest BCUT2D eigenvalue weighted by Crippen LogP contribution is 2.25. The van der Waals surface area contributed by atoms with Crippen molar-refractivity contribution in [2.45, 2.75) is 44.9 Å². The molecular formula is C21H30N4O3S. The molecule has 1 aromatic carbocycles. The lowest BCUT2D eigenvalue weighted by Gasteiger charge is -2.34. The number of piperazine rings is 1. The van der Waals surface area contributed by atoms with Gasteiger partial charge in [0.2, 0.25) is 10.0 Å². The molecule has 2 heterocycles. The Labute approximate surface area is 173 Å². The van der Waals surface area contributed by atoms with Crippen LogP contribution in [0.4, 0.5) is 0 Å².